The van der Waals surface area contributed by atoms with Crippen LogP contribution in [0.1, 0.15) is 40.6 Å². The van der Waals surface area contributed by atoms with Gasteiger partial charge in [-0.05, 0) is 45.4 Å². The number of aryl methyl sites for hydroxylation is 2. The lowest BCUT2D eigenvalue weighted by molar-refractivity contribution is -0.137. The first kappa shape index (κ1) is 19.8. The summed E-state index contributed by atoms with van der Waals surface area (Å²) in [4.78, 5) is 20.7. The molecule has 0 atom stereocenters. The average molecular weight is 366 g/mol. The summed E-state index contributed by atoms with van der Waals surface area (Å²) < 4.78 is 37.6. The number of benzene rings is 1. The van der Waals surface area contributed by atoms with Crippen molar-refractivity contribution >= 4 is 5.71 Å². The molecule has 0 amide bonds. The van der Waals surface area contributed by atoms with Crippen LogP contribution in [0.25, 0.3) is 0 Å². The van der Waals surface area contributed by atoms with E-state index in [1.54, 1.807) is 20.8 Å². The first-order chi connectivity index (χ1) is 12.1. The molecule has 0 aliphatic heterocycles. The summed E-state index contributed by atoms with van der Waals surface area (Å²) in [5, 5.41) is 3.98. The summed E-state index contributed by atoms with van der Waals surface area (Å²) in [5.41, 5.74) is 3.03. The number of aromatic nitrogens is 1. The molecule has 0 saturated carbocycles. The van der Waals surface area contributed by atoms with E-state index in [0.717, 1.165) is 17.8 Å². The Bertz CT molecular complexity index is 866. The third-order valence-corrected chi connectivity index (χ3v) is 4.21. The summed E-state index contributed by atoms with van der Waals surface area (Å²) in [6.07, 6.45) is -3.93. The maximum Gasteiger partial charge on any atom is 0.416 e. The lowest BCUT2D eigenvalue weighted by atomic mass is 10.1. The molecule has 0 aliphatic carbocycles. The van der Waals surface area contributed by atoms with Gasteiger partial charge in [-0.2, -0.15) is 13.2 Å². The number of H-pyrrole nitrogens is 1. The largest absolute Gasteiger partial charge is 0.416 e. The van der Waals surface area contributed by atoms with Crippen molar-refractivity contribution < 1.29 is 18.0 Å². The molecule has 26 heavy (non-hydrogen) atoms. The first-order valence-corrected chi connectivity index (χ1v) is 8.14. The minimum absolute atomic E-state index is 0.0914. The minimum atomic E-state index is -4.34. The van der Waals surface area contributed by atoms with Crippen molar-refractivity contribution in [2.45, 2.75) is 40.3 Å². The van der Waals surface area contributed by atoms with E-state index < -0.39 is 11.7 Å². The van der Waals surface area contributed by atoms with E-state index in [1.165, 1.54) is 12.1 Å². The number of halogens is 3. The molecule has 0 bridgehead atoms. The molecule has 0 fully saturated rings. The highest BCUT2D eigenvalue weighted by atomic mass is 19.4. The van der Waals surface area contributed by atoms with E-state index in [9.17, 15) is 18.0 Å². The second-order valence-electron chi connectivity index (χ2n) is 6.16. The third-order valence-electron chi connectivity index (χ3n) is 4.21. The van der Waals surface area contributed by atoms with Crippen LogP contribution in [0.3, 0.4) is 0 Å². The zero-order valence-electron chi connectivity index (χ0n) is 15.1. The van der Waals surface area contributed by atoms with Gasteiger partial charge in [-0.25, -0.2) is 0 Å². The summed E-state index contributed by atoms with van der Waals surface area (Å²) in [6.45, 7) is 7.26. The van der Waals surface area contributed by atoms with Gasteiger partial charge in [0.15, 0.2) is 5.43 Å². The molecule has 2 rings (SSSR count). The van der Waals surface area contributed by atoms with Crippen LogP contribution in [0.2, 0.25) is 0 Å². The summed E-state index contributed by atoms with van der Waals surface area (Å²) in [6, 6.07) is 4.92. The van der Waals surface area contributed by atoms with Crippen molar-refractivity contribution in [2.75, 3.05) is 6.61 Å². The minimum Gasteiger partial charge on any atom is -0.395 e. The molecule has 1 heterocycles. The van der Waals surface area contributed by atoms with E-state index in [4.69, 9.17) is 4.84 Å². The third kappa shape index (κ3) is 4.53. The Morgan fingerprint density at radius 1 is 1.12 bits per heavy atom. The van der Waals surface area contributed by atoms with Gasteiger partial charge in [0.05, 0.1) is 16.8 Å². The van der Waals surface area contributed by atoms with Gasteiger partial charge in [0.1, 0.15) is 6.61 Å². The summed E-state index contributed by atoms with van der Waals surface area (Å²) in [7, 11) is 0. The number of pyridine rings is 1. The van der Waals surface area contributed by atoms with E-state index in [2.05, 4.69) is 10.1 Å². The Balaban J connectivity index is 2.01. The van der Waals surface area contributed by atoms with Crippen LogP contribution < -0.4 is 5.43 Å². The fraction of sp³-hybridized carbons (Fsp3) is 0.368. The normalized spacial score (nSPS) is 12.3. The molecule has 1 aromatic heterocycles. The molecule has 140 valence electrons. The van der Waals surface area contributed by atoms with Crippen molar-refractivity contribution in [3.63, 3.8) is 0 Å². The van der Waals surface area contributed by atoms with Crippen molar-refractivity contribution in [3.05, 3.63) is 68.1 Å². The predicted molar refractivity (Wildman–Crippen MR) is 94.6 cm³/mol. The fourth-order valence-electron chi connectivity index (χ4n) is 2.61. The topological polar surface area (TPSA) is 54.4 Å². The van der Waals surface area contributed by atoms with Crippen LogP contribution in [0.15, 0.2) is 34.2 Å². The lowest BCUT2D eigenvalue weighted by Gasteiger charge is -2.09. The Kier molecular flexibility index (Phi) is 5.90. The highest BCUT2D eigenvalue weighted by Gasteiger charge is 2.29. The van der Waals surface area contributed by atoms with Crippen molar-refractivity contribution in [1.29, 1.82) is 0 Å². The number of rotatable bonds is 5. The zero-order valence-corrected chi connectivity index (χ0v) is 15.1. The quantitative estimate of drug-likeness (QED) is 0.487. The van der Waals surface area contributed by atoms with Crippen LogP contribution in [0, 0.1) is 20.8 Å². The van der Waals surface area contributed by atoms with Gasteiger partial charge >= 0.3 is 6.18 Å². The van der Waals surface area contributed by atoms with Gasteiger partial charge in [0, 0.05) is 23.4 Å². The average Bonchev–Trinajstić information content (AvgIpc) is 2.56. The number of nitrogens with one attached hydrogen (secondary N) is 1. The maximum absolute atomic E-state index is 12.5. The lowest BCUT2D eigenvalue weighted by Crippen LogP contribution is -2.21. The van der Waals surface area contributed by atoms with Gasteiger partial charge in [0.2, 0.25) is 0 Å². The van der Waals surface area contributed by atoms with E-state index >= 15 is 0 Å². The smallest absolute Gasteiger partial charge is 0.395 e. The van der Waals surface area contributed by atoms with Crippen molar-refractivity contribution in [1.82, 2.24) is 4.98 Å². The molecule has 0 unspecified atom stereocenters. The molecule has 2 aromatic rings. The van der Waals surface area contributed by atoms with Crippen molar-refractivity contribution in [3.8, 4) is 0 Å². The second-order valence-corrected chi connectivity index (χ2v) is 6.16. The van der Waals surface area contributed by atoms with E-state index in [0.29, 0.717) is 34.5 Å². The Hall–Kier alpha value is -2.57. The molecule has 1 N–H and O–H groups in total. The van der Waals surface area contributed by atoms with Crippen LogP contribution in [0.4, 0.5) is 13.2 Å². The van der Waals surface area contributed by atoms with Crippen LogP contribution >= 0.6 is 0 Å². The van der Waals surface area contributed by atoms with Gasteiger partial charge in [-0.15, -0.1) is 0 Å². The summed E-state index contributed by atoms with van der Waals surface area (Å²) in [5.74, 6) is 0. The van der Waals surface area contributed by atoms with Gasteiger partial charge in [-0.3, -0.25) is 4.79 Å². The SMILES string of the molecule is CC(=NOCCc1ccc(C(F)(F)F)cc1)c1c(C)[nH]c(C)c(C)c1=O. The number of oxime groups is 1. The molecule has 1 aromatic carbocycles. The first-order valence-electron chi connectivity index (χ1n) is 8.14. The van der Waals surface area contributed by atoms with Gasteiger partial charge < -0.3 is 9.82 Å². The van der Waals surface area contributed by atoms with E-state index in [-0.39, 0.29) is 12.0 Å². The number of aromatic amines is 1. The molecule has 0 saturated heterocycles. The number of alkyl halides is 3. The number of hydrogen-bond donors (Lipinski definition) is 1. The van der Waals surface area contributed by atoms with Crippen LogP contribution in [-0.4, -0.2) is 17.3 Å². The maximum atomic E-state index is 12.5. The van der Waals surface area contributed by atoms with Crippen LogP contribution in [-0.2, 0) is 17.4 Å². The zero-order chi connectivity index (χ0) is 19.5. The molecular weight excluding hydrogens is 345 g/mol. The molecular formula is C19H21F3N2O2. The highest BCUT2D eigenvalue weighted by Crippen LogP contribution is 2.29. The monoisotopic (exact) mass is 366 g/mol. The Labute approximate surface area is 149 Å². The predicted octanol–water partition coefficient (Wildman–Crippen LogP) is 4.30. The van der Waals surface area contributed by atoms with Gasteiger partial charge in [-0.1, -0.05) is 17.3 Å². The standard InChI is InChI=1S/C19H21F3N2O2/c1-11-12(2)23-13(3)17(18(11)25)14(4)24-26-10-9-15-5-7-16(8-6-15)19(20,21)22/h5-8H,9-10H2,1-4H3,(H,23,25). The number of nitrogens with zero attached hydrogens (tertiary/aromatic N) is 1. The Morgan fingerprint density at radius 3 is 2.31 bits per heavy atom. The summed E-state index contributed by atoms with van der Waals surface area (Å²) >= 11 is 0. The highest BCUT2D eigenvalue weighted by molar-refractivity contribution is 5.99. The van der Waals surface area contributed by atoms with Crippen LogP contribution in [0.5, 0.6) is 0 Å². The molecule has 0 aliphatic rings. The molecule has 0 spiro atoms. The number of hydrogen-bond acceptors (Lipinski definition) is 3. The fourth-order valence-corrected chi connectivity index (χ4v) is 2.61. The Morgan fingerprint density at radius 2 is 1.73 bits per heavy atom. The molecule has 7 heteroatoms. The van der Waals surface area contributed by atoms with E-state index in [1.807, 2.05) is 6.92 Å². The molecule has 0 radical (unpaired) electrons. The van der Waals surface area contributed by atoms with Crippen molar-refractivity contribution in [2.24, 2.45) is 5.16 Å². The second kappa shape index (κ2) is 7.76. The molecule has 4 nitrogen and oxygen atoms in total. The van der Waals surface area contributed by atoms with Gasteiger partial charge in [0.25, 0.3) is 0 Å².